The minimum Gasteiger partial charge on any atom is -0.481 e. The number of rotatable bonds is 8. The smallest absolute Gasteiger partial charge is 0.251 e. The molecule has 28 heavy (non-hydrogen) atoms. The molecule has 5 heteroatoms. The lowest BCUT2D eigenvalue weighted by Gasteiger charge is -2.08. The van der Waals surface area contributed by atoms with Crippen LogP contribution in [0.2, 0.25) is 0 Å². The third-order valence-electron chi connectivity index (χ3n) is 4.29. The number of nitrogens with one attached hydrogen (secondary N) is 1. The first-order valence-corrected chi connectivity index (χ1v) is 10.4. The van der Waals surface area contributed by atoms with Crippen molar-refractivity contribution in [2.24, 2.45) is 0 Å². The van der Waals surface area contributed by atoms with E-state index in [1.807, 2.05) is 36.4 Å². The highest BCUT2D eigenvalue weighted by atomic mass is 32.1. The number of hydrogen-bond acceptors (Lipinski definition) is 4. The van der Waals surface area contributed by atoms with Crippen LogP contribution < -0.4 is 10.1 Å². The summed E-state index contributed by atoms with van der Waals surface area (Å²) in [6, 6.07) is 13.3. The summed E-state index contributed by atoms with van der Waals surface area (Å²) >= 11 is 1.53. The average molecular weight is 393 g/mol. The Balaban J connectivity index is 1.49. The molecule has 1 heterocycles. The molecule has 2 aromatic carbocycles. The molecule has 0 aliphatic rings. The number of nitrogens with zero attached hydrogens (tertiary/aromatic N) is 1. The highest BCUT2D eigenvalue weighted by Gasteiger charge is 2.07. The second kappa shape index (κ2) is 10.5. The van der Waals surface area contributed by atoms with Gasteiger partial charge in [0.25, 0.3) is 5.91 Å². The van der Waals surface area contributed by atoms with E-state index in [4.69, 9.17) is 4.74 Å². The SMILES string of the molecule is CCCCCC#CCOc1cccc(CNC(=O)c2ccc3ncsc3c2)c1. The van der Waals surface area contributed by atoms with Crippen LogP contribution in [0.25, 0.3) is 10.2 Å². The second-order valence-electron chi connectivity index (χ2n) is 6.46. The minimum atomic E-state index is -0.0976. The number of hydrogen-bond donors (Lipinski definition) is 1. The molecule has 0 spiro atoms. The fourth-order valence-electron chi connectivity index (χ4n) is 2.75. The first-order valence-electron chi connectivity index (χ1n) is 9.55. The maximum absolute atomic E-state index is 12.4. The van der Waals surface area contributed by atoms with Gasteiger partial charge in [0.1, 0.15) is 12.4 Å². The molecule has 1 aromatic heterocycles. The van der Waals surface area contributed by atoms with Gasteiger partial charge in [-0.05, 0) is 42.3 Å². The standard InChI is InChI=1S/C23H24N2O2S/c1-2-3-4-5-6-7-13-27-20-10-8-9-18(14-20)16-24-23(26)19-11-12-21-22(15-19)28-17-25-21/h8-12,14-15,17H,2-5,13,16H2,1H3,(H,24,26). The summed E-state index contributed by atoms with van der Waals surface area (Å²) in [5.41, 5.74) is 4.33. The second-order valence-corrected chi connectivity index (χ2v) is 7.35. The van der Waals surface area contributed by atoms with Gasteiger partial charge < -0.3 is 10.1 Å². The van der Waals surface area contributed by atoms with Crippen LogP contribution in [0.3, 0.4) is 0 Å². The zero-order chi connectivity index (χ0) is 19.6. The third-order valence-corrected chi connectivity index (χ3v) is 5.08. The summed E-state index contributed by atoms with van der Waals surface area (Å²) in [5.74, 6) is 6.86. The first kappa shape index (κ1) is 19.9. The number of unbranched alkanes of at least 4 members (excludes halogenated alkanes) is 3. The normalized spacial score (nSPS) is 10.3. The molecular weight excluding hydrogens is 368 g/mol. The Labute approximate surface area is 170 Å². The van der Waals surface area contributed by atoms with Gasteiger partial charge in [-0.15, -0.1) is 11.3 Å². The van der Waals surface area contributed by atoms with Gasteiger partial charge in [0, 0.05) is 18.5 Å². The Kier molecular flexibility index (Phi) is 7.45. The Morgan fingerprint density at radius 3 is 3.00 bits per heavy atom. The number of aromatic nitrogens is 1. The highest BCUT2D eigenvalue weighted by molar-refractivity contribution is 7.16. The van der Waals surface area contributed by atoms with Crippen LogP contribution >= 0.6 is 11.3 Å². The fourth-order valence-corrected chi connectivity index (χ4v) is 3.46. The number of amides is 1. The lowest BCUT2D eigenvalue weighted by Crippen LogP contribution is -2.22. The quantitative estimate of drug-likeness (QED) is 0.424. The van der Waals surface area contributed by atoms with Crippen molar-refractivity contribution in [2.45, 2.75) is 39.2 Å². The summed E-state index contributed by atoms with van der Waals surface area (Å²) in [6.07, 6.45) is 4.51. The van der Waals surface area contributed by atoms with Crippen molar-refractivity contribution in [1.29, 1.82) is 0 Å². The molecule has 0 atom stereocenters. The molecule has 3 rings (SSSR count). The van der Waals surface area contributed by atoms with Gasteiger partial charge in [0.05, 0.1) is 15.7 Å². The van der Waals surface area contributed by atoms with Crippen LogP contribution in [0.4, 0.5) is 0 Å². The number of carbonyl (C=O) groups excluding carboxylic acids is 1. The Hall–Kier alpha value is -2.84. The molecule has 0 aliphatic carbocycles. The van der Waals surface area contributed by atoms with Crippen molar-refractivity contribution < 1.29 is 9.53 Å². The van der Waals surface area contributed by atoms with Crippen molar-refractivity contribution in [3.63, 3.8) is 0 Å². The molecular formula is C23H24N2O2S. The topological polar surface area (TPSA) is 51.2 Å². The van der Waals surface area contributed by atoms with Crippen molar-refractivity contribution in [3.8, 4) is 17.6 Å². The summed E-state index contributed by atoms with van der Waals surface area (Å²) in [6.45, 7) is 3.02. The van der Waals surface area contributed by atoms with Gasteiger partial charge in [-0.3, -0.25) is 4.79 Å². The third kappa shape index (κ3) is 5.83. The summed E-state index contributed by atoms with van der Waals surface area (Å²) in [7, 11) is 0. The molecule has 0 unspecified atom stereocenters. The summed E-state index contributed by atoms with van der Waals surface area (Å²) in [5, 5.41) is 2.96. The number of fused-ring (bicyclic) bond motifs is 1. The molecule has 0 fully saturated rings. The average Bonchev–Trinajstić information content (AvgIpc) is 3.19. The Bertz CT molecular complexity index is 985. The Morgan fingerprint density at radius 1 is 1.18 bits per heavy atom. The van der Waals surface area contributed by atoms with Crippen molar-refractivity contribution in [1.82, 2.24) is 10.3 Å². The maximum Gasteiger partial charge on any atom is 0.251 e. The van der Waals surface area contributed by atoms with E-state index in [9.17, 15) is 4.79 Å². The van der Waals surface area contributed by atoms with Gasteiger partial charge in [-0.2, -0.15) is 0 Å². The lowest BCUT2D eigenvalue weighted by molar-refractivity contribution is 0.0951. The minimum absolute atomic E-state index is 0.0976. The molecule has 0 radical (unpaired) electrons. The van der Waals surface area contributed by atoms with E-state index in [2.05, 4.69) is 29.1 Å². The largest absolute Gasteiger partial charge is 0.481 e. The lowest BCUT2D eigenvalue weighted by atomic mass is 10.2. The van der Waals surface area contributed by atoms with Crippen molar-refractivity contribution >= 4 is 27.5 Å². The Morgan fingerprint density at radius 2 is 2.11 bits per heavy atom. The molecule has 4 nitrogen and oxygen atoms in total. The first-order chi connectivity index (χ1) is 13.8. The molecule has 0 saturated heterocycles. The molecule has 1 amide bonds. The number of thiazole rings is 1. The van der Waals surface area contributed by atoms with Gasteiger partial charge in [-0.1, -0.05) is 43.7 Å². The van der Waals surface area contributed by atoms with Crippen molar-refractivity contribution in [3.05, 3.63) is 59.1 Å². The number of ether oxygens (including phenoxy) is 1. The van der Waals surface area contributed by atoms with Crippen LogP contribution in [0.1, 0.15) is 48.5 Å². The molecule has 0 bridgehead atoms. The molecule has 1 N–H and O–H groups in total. The van der Waals surface area contributed by atoms with E-state index in [1.165, 1.54) is 24.2 Å². The van der Waals surface area contributed by atoms with E-state index < -0.39 is 0 Å². The fraction of sp³-hybridized carbons (Fsp3) is 0.304. The number of carbonyl (C=O) groups is 1. The van der Waals surface area contributed by atoms with E-state index in [0.717, 1.165) is 34.4 Å². The molecule has 0 saturated carbocycles. The van der Waals surface area contributed by atoms with Crippen molar-refractivity contribution in [2.75, 3.05) is 6.61 Å². The van der Waals surface area contributed by atoms with Crippen LogP contribution in [0, 0.1) is 11.8 Å². The summed E-state index contributed by atoms with van der Waals surface area (Å²) in [4.78, 5) is 16.6. The van der Waals surface area contributed by atoms with Crippen LogP contribution in [0.5, 0.6) is 5.75 Å². The number of benzene rings is 2. The van der Waals surface area contributed by atoms with Gasteiger partial charge >= 0.3 is 0 Å². The van der Waals surface area contributed by atoms with Crippen LogP contribution in [-0.4, -0.2) is 17.5 Å². The zero-order valence-corrected chi connectivity index (χ0v) is 16.8. The zero-order valence-electron chi connectivity index (χ0n) is 16.0. The van der Waals surface area contributed by atoms with Crippen LogP contribution in [0.15, 0.2) is 48.0 Å². The summed E-state index contributed by atoms with van der Waals surface area (Å²) < 4.78 is 6.70. The van der Waals surface area contributed by atoms with Crippen LogP contribution in [-0.2, 0) is 6.54 Å². The molecule has 3 aromatic rings. The van der Waals surface area contributed by atoms with E-state index in [1.54, 1.807) is 11.6 Å². The monoisotopic (exact) mass is 392 g/mol. The van der Waals surface area contributed by atoms with Gasteiger partial charge in [0.2, 0.25) is 0 Å². The molecule has 0 aliphatic heterocycles. The predicted molar refractivity (Wildman–Crippen MR) is 115 cm³/mol. The highest BCUT2D eigenvalue weighted by Crippen LogP contribution is 2.19. The predicted octanol–water partition coefficient (Wildman–Crippen LogP) is 5.19. The van der Waals surface area contributed by atoms with E-state index in [-0.39, 0.29) is 5.91 Å². The van der Waals surface area contributed by atoms with Gasteiger partial charge in [0.15, 0.2) is 0 Å². The van der Waals surface area contributed by atoms with E-state index >= 15 is 0 Å². The molecule has 144 valence electrons. The maximum atomic E-state index is 12.4. The van der Waals surface area contributed by atoms with E-state index in [0.29, 0.717) is 18.7 Å². The van der Waals surface area contributed by atoms with Gasteiger partial charge in [-0.25, -0.2) is 4.98 Å².